The van der Waals surface area contributed by atoms with Crippen molar-refractivity contribution in [1.29, 1.82) is 0 Å². The van der Waals surface area contributed by atoms with E-state index in [2.05, 4.69) is 20.9 Å². The van der Waals surface area contributed by atoms with E-state index >= 15 is 0 Å². The minimum Gasteiger partial charge on any atom is -0.352 e. The minimum absolute atomic E-state index is 0. The van der Waals surface area contributed by atoms with Crippen LogP contribution in [0, 0.1) is 0 Å². The lowest BCUT2D eigenvalue weighted by Gasteiger charge is -2.27. The quantitative estimate of drug-likeness (QED) is 0.604. The number of halogens is 1. The summed E-state index contributed by atoms with van der Waals surface area (Å²) in [6.07, 6.45) is 1.82. The summed E-state index contributed by atoms with van der Waals surface area (Å²) < 4.78 is 0. The molecule has 2 rings (SSSR count). The maximum Gasteiger partial charge on any atom is 0.251 e. The van der Waals surface area contributed by atoms with E-state index in [4.69, 9.17) is 0 Å². The van der Waals surface area contributed by atoms with Crippen LogP contribution in [0.5, 0.6) is 0 Å². The van der Waals surface area contributed by atoms with Gasteiger partial charge >= 0.3 is 0 Å². The van der Waals surface area contributed by atoms with Gasteiger partial charge in [-0.2, -0.15) is 0 Å². The van der Waals surface area contributed by atoms with Gasteiger partial charge in [0.25, 0.3) is 11.8 Å². The second-order valence-corrected chi connectivity index (χ2v) is 6.04. The zero-order valence-corrected chi connectivity index (χ0v) is 15.7. The van der Waals surface area contributed by atoms with Crippen molar-refractivity contribution in [3.05, 3.63) is 35.4 Å². The normalized spacial score (nSPS) is 14.4. The molecule has 25 heavy (non-hydrogen) atoms. The molecule has 0 spiro atoms. The van der Waals surface area contributed by atoms with Gasteiger partial charge in [-0.05, 0) is 37.6 Å². The molecule has 0 aromatic heterocycles. The van der Waals surface area contributed by atoms with E-state index in [0.717, 1.165) is 45.6 Å². The predicted molar refractivity (Wildman–Crippen MR) is 103 cm³/mol. The SMILES string of the molecule is CCCNC(=O)c1cccc(C(=O)NCCCN2CCNCC2)c1.Cl. The van der Waals surface area contributed by atoms with Crippen LogP contribution in [-0.4, -0.2) is 62.5 Å². The maximum atomic E-state index is 12.2. The van der Waals surface area contributed by atoms with E-state index in [-0.39, 0.29) is 24.2 Å². The van der Waals surface area contributed by atoms with Crippen molar-refractivity contribution in [1.82, 2.24) is 20.9 Å². The van der Waals surface area contributed by atoms with Crippen LogP contribution < -0.4 is 16.0 Å². The number of carbonyl (C=O) groups is 2. The Morgan fingerprint density at radius 1 is 1.08 bits per heavy atom. The highest BCUT2D eigenvalue weighted by Gasteiger charge is 2.11. The van der Waals surface area contributed by atoms with Crippen molar-refractivity contribution in [3.8, 4) is 0 Å². The van der Waals surface area contributed by atoms with E-state index in [1.165, 1.54) is 0 Å². The molecule has 0 aliphatic carbocycles. The minimum atomic E-state index is -0.134. The van der Waals surface area contributed by atoms with Crippen LogP contribution >= 0.6 is 12.4 Å². The van der Waals surface area contributed by atoms with E-state index in [0.29, 0.717) is 24.2 Å². The molecular formula is C18H29ClN4O2. The van der Waals surface area contributed by atoms with Crippen molar-refractivity contribution in [2.75, 3.05) is 45.8 Å². The smallest absolute Gasteiger partial charge is 0.251 e. The third-order valence-electron chi connectivity index (χ3n) is 4.07. The first-order chi connectivity index (χ1) is 11.7. The van der Waals surface area contributed by atoms with Crippen molar-refractivity contribution in [2.24, 2.45) is 0 Å². The topological polar surface area (TPSA) is 73.5 Å². The molecule has 6 nitrogen and oxygen atoms in total. The summed E-state index contributed by atoms with van der Waals surface area (Å²) in [7, 11) is 0. The van der Waals surface area contributed by atoms with Gasteiger partial charge in [-0.3, -0.25) is 9.59 Å². The Morgan fingerprint density at radius 2 is 1.68 bits per heavy atom. The molecule has 1 aromatic rings. The number of hydrogen-bond acceptors (Lipinski definition) is 4. The summed E-state index contributed by atoms with van der Waals surface area (Å²) in [5.74, 6) is -0.259. The van der Waals surface area contributed by atoms with Gasteiger partial charge in [0.1, 0.15) is 0 Å². The van der Waals surface area contributed by atoms with Crippen LogP contribution in [0.25, 0.3) is 0 Å². The largest absolute Gasteiger partial charge is 0.352 e. The van der Waals surface area contributed by atoms with E-state index in [9.17, 15) is 9.59 Å². The molecule has 1 aliphatic rings. The summed E-state index contributed by atoms with van der Waals surface area (Å²) in [6.45, 7) is 8.52. The molecule has 3 N–H and O–H groups in total. The molecule has 7 heteroatoms. The first-order valence-electron chi connectivity index (χ1n) is 8.80. The van der Waals surface area contributed by atoms with Crippen LogP contribution in [0.2, 0.25) is 0 Å². The Balaban J connectivity index is 0.00000312. The van der Waals surface area contributed by atoms with Crippen LogP contribution in [0.15, 0.2) is 24.3 Å². The molecule has 1 aromatic carbocycles. The average Bonchev–Trinajstić information content (AvgIpc) is 2.64. The van der Waals surface area contributed by atoms with Gasteiger partial charge in [0.2, 0.25) is 0 Å². The molecule has 0 bridgehead atoms. The van der Waals surface area contributed by atoms with E-state index in [1.807, 2.05) is 6.92 Å². The standard InChI is InChI=1S/C18H28N4O2.ClH/c1-2-7-20-17(23)15-5-3-6-16(14-15)18(24)21-8-4-11-22-12-9-19-10-13-22;/h3,5-6,14,19H,2,4,7-13H2,1H3,(H,20,23)(H,21,24);1H. The molecule has 0 radical (unpaired) electrons. The summed E-state index contributed by atoms with van der Waals surface area (Å²) >= 11 is 0. The first kappa shape index (κ1) is 21.4. The zero-order valence-electron chi connectivity index (χ0n) is 14.8. The van der Waals surface area contributed by atoms with Crippen molar-refractivity contribution >= 4 is 24.2 Å². The fraction of sp³-hybridized carbons (Fsp3) is 0.556. The number of nitrogens with one attached hydrogen (secondary N) is 3. The Hall–Kier alpha value is -1.63. The Morgan fingerprint density at radius 3 is 2.28 bits per heavy atom. The Labute approximate surface area is 156 Å². The van der Waals surface area contributed by atoms with Crippen LogP contribution in [-0.2, 0) is 0 Å². The van der Waals surface area contributed by atoms with Gasteiger partial charge in [-0.15, -0.1) is 12.4 Å². The first-order valence-corrected chi connectivity index (χ1v) is 8.80. The van der Waals surface area contributed by atoms with Gasteiger partial charge in [-0.25, -0.2) is 0 Å². The lowest BCUT2D eigenvalue weighted by Crippen LogP contribution is -2.44. The zero-order chi connectivity index (χ0) is 17.2. The molecule has 1 saturated heterocycles. The second kappa shape index (κ2) is 11.8. The monoisotopic (exact) mass is 368 g/mol. The maximum absolute atomic E-state index is 12.2. The van der Waals surface area contributed by atoms with Gasteiger partial charge < -0.3 is 20.9 Å². The van der Waals surface area contributed by atoms with Crippen molar-refractivity contribution in [2.45, 2.75) is 19.8 Å². The van der Waals surface area contributed by atoms with Crippen molar-refractivity contribution in [3.63, 3.8) is 0 Å². The number of piperazine rings is 1. The summed E-state index contributed by atoms with van der Waals surface area (Å²) in [6, 6.07) is 6.86. The Kier molecular flexibility index (Phi) is 10.1. The molecule has 1 aliphatic heterocycles. The summed E-state index contributed by atoms with van der Waals surface area (Å²) in [4.78, 5) is 26.6. The number of rotatable bonds is 8. The Bertz CT molecular complexity index is 548. The van der Waals surface area contributed by atoms with Gasteiger partial charge in [0.15, 0.2) is 0 Å². The number of benzene rings is 1. The van der Waals surface area contributed by atoms with Crippen LogP contribution in [0.3, 0.4) is 0 Å². The third-order valence-corrected chi connectivity index (χ3v) is 4.07. The van der Waals surface area contributed by atoms with Gasteiger partial charge in [0, 0.05) is 50.4 Å². The van der Waals surface area contributed by atoms with E-state index < -0.39 is 0 Å². The fourth-order valence-electron chi connectivity index (χ4n) is 2.68. The number of nitrogens with zero attached hydrogens (tertiary/aromatic N) is 1. The van der Waals surface area contributed by atoms with Gasteiger partial charge in [-0.1, -0.05) is 13.0 Å². The lowest BCUT2D eigenvalue weighted by molar-refractivity contribution is 0.0951. The molecule has 1 fully saturated rings. The highest BCUT2D eigenvalue weighted by molar-refractivity contribution is 5.99. The fourth-order valence-corrected chi connectivity index (χ4v) is 2.68. The highest BCUT2D eigenvalue weighted by Crippen LogP contribution is 2.05. The van der Waals surface area contributed by atoms with Crippen molar-refractivity contribution < 1.29 is 9.59 Å². The van der Waals surface area contributed by atoms with E-state index in [1.54, 1.807) is 24.3 Å². The lowest BCUT2D eigenvalue weighted by atomic mass is 10.1. The summed E-state index contributed by atoms with van der Waals surface area (Å²) in [5.41, 5.74) is 1.05. The molecule has 1 heterocycles. The molecule has 2 amide bonds. The molecule has 140 valence electrons. The predicted octanol–water partition coefficient (Wildman–Crippen LogP) is 1.27. The molecule has 0 unspecified atom stereocenters. The van der Waals surface area contributed by atoms with Gasteiger partial charge in [0.05, 0.1) is 0 Å². The molecule has 0 saturated carbocycles. The van der Waals surface area contributed by atoms with Crippen LogP contribution in [0.1, 0.15) is 40.5 Å². The van der Waals surface area contributed by atoms with Crippen LogP contribution in [0.4, 0.5) is 0 Å². The third kappa shape index (κ3) is 7.42. The number of carbonyl (C=O) groups excluding carboxylic acids is 2. The molecular weight excluding hydrogens is 340 g/mol. The second-order valence-electron chi connectivity index (χ2n) is 6.04. The number of hydrogen-bond donors (Lipinski definition) is 3. The number of amides is 2. The highest BCUT2D eigenvalue weighted by atomic mass is 35.5. The average molecular weight is 369 g/mol. The molecule has 0 atom stereocenters. The summed E-state index contributed by atoms with van der Waals surface area (Å²) in [5, 5.41) is 9.08.